The Morgan fingerprint density at radius 2 is 1.97 bits per heavy atom. The summed E-state index contributed by atoms with van der Waals surface area (Å²) in [5.74, 6) is -0.262. The zero-order valence-corrected chi connectivity index (χ0v) is 22.6. The fourth-order valence-electron chi connectivity index (χ4n) is 4.59. The van der Waals surface area contributed by atoms with Crippen LogP contribution in [0, 0.1) is 13.8 Å². The van der Waals surface area contributed by atoms with Gasteiger partial charge in [0.1, 0.15) is 12.2 Å². The van der Waals surface area contributed by atoms with Crippen molar-refractivity contribution in [2.24, 2.45) is 0 Å². The predicted octanol–water partition coefficient (Wildman–Crippen LogP) is 5.46. The summed E-state index contributed by atoms with van der Waals surface area (Å²) >= 11 is 7.14. The van der Waals surface area contributed by atoms with Gasteiger partial charge in [-0.15, -0.1) is 11.3 Å². The van der Waals surface area contributed by atoms with Crippen LogP contribution in [0.1, 0.15) is 34.1 Å². The molecule has 0 bridgehead atoms. The molecule has 4 aromatic rings. The lowest BCUT2D eigenvalue weighted by Crippen LogP contribution is -2.30. The van der Waals surface area contributed by atoms with Crippen LogP contribution in [0.4, 0.5) is 5.69 Å². The maximum absolute atomic E-state index is 13.4. The minimum atomic E-state index is -0.200. The molecular formula is C29H28N4O2S2. The SMILES string of the molecule is CCc1cccc2c(/C=C3\NC(=S)N(c4ccc(C)c(C)c4)C3=O)cn(CC(=O)NCc3cccs3)c12. The summed E-state index contributed by atoms with van der Waals surface area (Å²) in [6.07, 6.45) is 4.60. The molecule has 6 nitrogen and oxygen atoms in total. The van der Waals surface area contributed by atoms with E-state index in [-0.39, 0.29) is 18.4 Å². The summed E-state index contributed by atoms with van der Waals surface area (Å²) in [4.78, 5) is 28.9. The molecule has 2 amide bonds. The van der Waals surface area contributed by atoms with Crippen molar-refractivity contribution in [1.29, 1.82) is 0 Å². The van der Waals surface area contributed by atoms with Crippen molar-refractivity contribution in [2.45, 2.75) is 40.3 Å². The molecule has 0 radical (unpaired) electrons. The van der Waals surface area contributed by atoms with Gasteiger partial charge in [-0.3, -0.25) is 14.5 Å². The Hall–Kier alpha value is -3.75. The molecular weight excluding hydrogens is 500 g/mol. The Balaban J connectivity index is 1.47. The van der Waals surface area contributed by atoms with Crippen LogP contribution in [-0.4, -0.2) is 21.5 Å². The van der Waals surface area contributed by atoms with Gasteiger partial charge in [-0.05, 0) is 78.8 Å². The number of carbonyl (C=O) groups is 2. The number of hydrogen-bond acceptors (Lipinski definition) is 4. The van der Waals surface area contributed by atoms with Gasteiger partial charge in [-0.1, -0.05) is 37.3 Å². The number of carbonyl (C=O) groups excluding carboxylic acids is 2. The van der Waals surface area contributed by atoms with Gasteiger partial charge in [0.15, 0.2) is 5.11 Å². The molecule has 8 heteroatoms. The number of para-hydroxylation sites is 1. The molecule has 0 spiro atoms. The van der Waals surface area contributed by atoms with E-state index >= 15 is 0 Å². The molecule has 0 saturated carbocycles. The third-order valence-corrected chi connectivity index (χ3v) is 7.84. The van der Waals surface area contributed by atoms with Gasteiger partial charge in [-0.2, -0.15) is 0 Å². The van der Waals surface area contributed by atoms with Crippen molar-refractivity contribution in [3.8, 4) is 0 Å². The number of thiocarbonyl (C=S) groups is 1. The summed E-state index contributed by atoms with van der Waals surface area (Å²) in [7, 11) is 0. The third-order valence-electron chi connectivity index (χ3n) is 6.67. The maximum Gasteiger partial charge on any atom is 0.281 e. The van der Waals surface area contributed by atoms with Gasteiger partial charge in [0.05, 0.1) is 17.7 Å². The molecule has 2 N–H and O–H groups in total. The first-order chi connectivity index (χ1) is 17.9. The first-order valence-electron chi connectivity index (χ1n) is 12.2. The number of amides is 2. The molecule has 0 aliphatic carbocycles. The molecule has 3 heterocycles. The average molecular weight is 529 g/mol. The van der Waals surface area contributed by atoms with Crippen molar-refractivity contribution < 1.29 is 9.59 Å². The molecule has 1 aliphatic heterocycles. The molecule has 1 aliphatic rings. The van der Waals surface area contributed by atoms with Crippen LogP contribution in [0.25, 0.3) is 17.0 Å². The molecule has 188 valence electrons. The first-order valence-corrected chi connectivity index (χ1v) is 13.5. The zero-order valence-electron chi connectivity index (χ0n) is 21.0. The number of anilines is 1. The second-order valence-corrected chi connectivity index (χ2v) is 10.6. The molecule has 0 unspecified atom stereocenters. The van der Waals surface area contributed by atoms with Crippen LogP contribution < -0.4 is 15.5 Å². The van der Waals surface area contributed by atoms with Crippen LogP contribution in [0.2, 0.25) is 0 Å². The lowest BCUT2D eigenvalue weighted by molar-refractivity contribution is -0.121. The fourth-order valence-corrected chi connectivity index (χ4v) is 5.53. The number of thiophene rings is 1. The van der Waals surface area contributed by atoms with Crippen molar-refractivity contribution in [3.05, 3.63) is 92.9 Å². The van der Waals surface area contributed by atoms with E-state index in [2.05, 4.69) is 23.6 Å². The number of aryl methyl sites for hydroxylation is 3. The van der Waals surface area contributed by atoms with Gasteiger partial charge in [0.2, 0.25) is 5.91 Å². The van der Waals surface area contributed by atoms with Gasteiger partial charge >= 0.3 is 0 Å². The normalized spacial score (nSPS) is 14.6. The van der Waals surface area contributed by atoms with Crippen LogP contribution >= 0.6 is 23.6 Å². The molecule has 0 atom stereocenters. The monoisotopic (exact) mass is 528 g/mol. The highest BCUT2D eigenvalue weighted by atomic mass is 32.1. The number of benzene rings is 2. The summed E-state index contributed by atoms with van der Waals surface area (Å²) < 4.78 is 1.98. The lowest BCUT2D eigenvalue weighted by Gasteiger charge is -2.15. The predicted molar refractivity (Wildman–Crippen MR) is 155 cm³/mol. The standard InChI is InChI=1S/C29H28N4O2S2/c1-4-20-7-5-9-24-21(16-32(27(20)24)17-26(34)30-15-23-8-6-12-37-23)14-25-28(35)33(29(36)31-25)22-11-10-18(2)19(3)13-22/h5-14,16H,4,15,17H2,1-3H3,(H,30,34)(H,31,36)/b25-14-. The Kier molecular flexibility index (Phi) is 6.95. The minimum absolute atomic E-state index is 0.0624. The average Bonchev–Trinajstić information content (AvgIpc) is 3.59. The summed E-state index contributed by atoms with van der Waals surface area (Å²) in [6.45, 7) is 6.86. The van der Waals surface area contributed by atoms with E-state index in [1.807, 2.05) is 78.5 Å². The minimum Gasteiger partial charge on any atom is -0.350 e. The summed E-state index contributed by atoms with van der Waals surface area (Å²) in [5, 5.41) is 9.44. The molecule has 1 fully saturated rings. The van der Waals surface area contributed by atoms with Crippen molar-refractivity contribution in [1.82, 2.24) is 15.2 Å². The number of rotatable bonds is 7. The molecule has 5 rings (SSSR count). The second kappa shape index (κ2) is 10.3. The van der Waals surface area contributed by atoms with Crippen LogP contribution in [0.3, 0.4) is 0 Å². The quantitative estimate of drug-likeness (QED) is 0.247. The van der Waals surface area contributed by atoms with Crippen LogP contribution in [0.15, 0.2) is 65.8 Å². The van der Waals surface area contributed by atoms with E-state index in [9.17, 15) is 9.59 Å². The van der Waals surface area contributed by atoms with E-state index in [4.69, 9.17) is 12.2 Å². The number of aromatic nitrogens is 1. The lowest BCUT2D eigenvalue weighted by atomic mass is 10.1. The molecule has 37 heavy (non-hydrogen) atoms. The van der Waals surface area contributed by atoms with Crippen LogP contribution in [-0.2, 0) is 29.1 Å². The van der Waals surface area contributed by atoms with Crippen LogP contribution in [0.5, 0.6) is 0 Å². The van der Waals surface area contributed by atoms with Gasteiger partial charge in [-0.25, -0.2) is 0 Å². The van der Waals surface area contributed by atoms with Gasteiger partial charge < -0.3 is 15.2 Å². The third kappa shape index (κ3) is 4.95. The number of hydrogen-bond donors (Lipinski definition) is 2. The molecule has 2 aromatic heterocycles. The van der Waals surface area contributed by atoms with Crippen molar-refractivity contribution >= 4 is 63.1 Å². The smallest absolute Gasteiger partial charge is 0.281 e. The summed E-state index contributed by atoms with van der Waals surface area (Å²) in [6, 6.07) is 16.0. The van der Waals surface area contributed by atoms with Gasteiger partial charge in [0, 0.05) is 22.0 Å². The summed E-state index contributed by atoms with van der Waals surface area (Å²) in [5.41, 5.74) is 6.41. The van der Waals surface area contributed by atoms with E-state index in [0.29, 0.717) is 17.4 Å². The topological polar surface area (TPSA) is 66.4 Å². The Labute approximate surface area is 225 Å². The highest BCUT2D eigenvalue weighted by molar-refractivity contribution is 7.80. The number of nitrogens with zero attached hydrogens (tertiary/aromatic N) is 2. The fraction of sp³-hybridized carbons (Fsp3) is 0.207. The first kappa shape index (κ1) is 24.9. The zero-order chi connectivity index (χ0) is 26.1. The van der Waals surface area contributed by atoms with E-state index in [1.165, 1.54) is 4.90 Å². The largest absolute Gasteiger partial charge is 0.350 e. The molecule has 1 saturated heterocycles. The highest BCUT2D eigenvalue weighted by Crippen LogP contribution is 2.29. The number of nitrogens with one attached hydrogen (secondary N) is 2. The Morgan fingerprint density at radius 1 is 1.14 bits per heavy atom. The van der Waals surface area contributed by atoms with Crippen molar-refractivity contribution in [3.63, 3.8) is 0 Å². The van der Waals surface area contributed by atoms with E-state index < -0.39 is 0 Å². The maximum atomic E-state index is 13.4. The van der Waals surface area contributed by atoms with E-state index in [1.54, 1.807) is 11.3 Å². The highest BCUT2D eigenvalue weighted by Gasteiger charge is 2.32. The Bertz CT molecular complexity index is 1550. The van der Waals surface area contributed by atoms with Crippen molar-refractivity contribution in [2.75, 3.05) is 4.90 Å². The van der Waals surface area contributed by atoms with Gasteiger partial charge in [0.25, 0.3) is 5.91 Å². The Morgan fingerprint density at radius 3 is 2.70 bits per heavy atom. The second-order valence-electron chi connectivity index (χ2n) is 9.13. The van der Waals surface area contributed by atoms with E-state index in [0.717, 1.165) is 50.1 Å². The number of fused-ring (bicyclic) bond motifs is 1. The molecule has 2 aromatic carbocycles.